The highest BCUT2D eigenvalue weighted by Crippen LogP contribution is 2.11. The molecule has 0 spiro atoms. The van der Waals surface area contributed by atoms with Crippen LogP contribution in [0.15, 0.2) is 0 Å². The van der Waals surface area contributed by atoms with Crippen molar-refractivity contribution in [2.24, 2.45) is 5.92 Å². The summed E-state index contributed by atoms with van der Waals surface area (Å²) in [6, 6.07) is 0.581. The van der Waals surface area contributed by atoms with Crippen LogP contribution in [0, 0.1) is 5.92 Å². The van der Waals surface area contributed by atoms with E-state index in [-0.39, 0.29) is 0 Å². The molecule has 0 aromatic rings. The van der Waals surface area contributed by atoms with Crippen molar-refractivity contribution in [3.8, 4) is 0 Å². The molecule has 15 heavy (non-hydrogen) atoms. The van der Waals surface area contributed by atoms with Gasteiger partial charge in [-0.3, -0.25) is 0 Å². The largest absolute Gasteiger partial charge is 0.381 e. The van der Waals surface area contributed by atoms with Crippen LogP contribution in [-0.4, -0.2) is 52.1 Å². The van der Waals surface area contributed by atoms with Crippen LogP contribution in [0.4, 0.5) is 0 Å². The maximum absolute atomic E-state index is 5.34. The van der Waals surface area contributed by atoms with E-state index in [1.807, 2.05) is 0 Å². The summed E-state index contributed by atoms with van der Waals surface area (Å²) >= 11 is 0. The van der Waals surface area contributed by atoms with Crippen LogP contribution in [0.2, 0.25) is 0 Å². The van der Waals surface area contributed by atoms with Gasteiger partial charge in [-0.15, -0.1) is 0 Å². The molecule has 0 aliphatic carbocycles. The van der Waals surface area contributed by atoms with Gasteiger partial charge in [-0.1, -0.05) is 0 Å². The smallest absolute Gasteiger partial charge is 0.0711 e. The molecule has 0 saturated carbocycles. The first-order valence-corrected chi connectivity index (χ1v) is 5.93. The highest BCUT2D eigenvalue weighted by atomic mass is 16.5. The van der Waals surface area contributed by atoms with Crippen molar-refractivity contribution in [3.63, 3.8) is 0 Å². The van der Waals surface area contributed by atoms with E-state index in [9.17, 15) is 0 Å². The molecule has 2 rings (SSSR count). The van der Waals surface area contributed by atoms with E-state index in [0.717, 1.165) is 45.2 Å². The normalized spacial score (nSPS) is 36.2. The van der Waals surface area contributed by atoms with Crippen molar-refractivity contribution in [1.82, 2.24) is 10.6 Å². The Balaban J connectivity index is 1.54. The van der Waals surface area contributed by atoms with Crippen molar-refractivity contribution in [2.45, 2.75) is 25.0 Å². The Bertz CT molecular complexity index is 183. The highest BCUT2D eigenvalue weighted by molar-refractivity contribution is 4.83. The molecule has 2 aliphatic heterocycles. The van der Waals surface area contributed by atoms with Crippen LogP contribution in [0.25, 0.3) is 0 Å². The third-order valence-corrected chi connectivity index (χ3v) is 3.36. The van der Waals surface area contributed by atoms with Gasteiger partial charge in [0.25, 0.3) is 0 Å². The summed E-state index contributed by atoms with van der Waals surface area (Å²) in [5.74, 6) is 0.727. The lowest BCUT2D eigenvalue weighted by molar-refractivity contribution is 0.117. The summed E-state index contributed by atoms with van der Waals surface area (Å²) in [6.07, 6.45) is 2.75. The van der Waals surface area contributed by atoms with Gasteiger partial charge >= 0.3 is 0 Å². The van der Waals surface area contributed by atoms with Crippen LogP contribution in [-0.2, 0) is 9.47 Å². The summed E-state index contributed by atoms with van der Waals surface area (Å²) < 4.78 is 10.6. The van der Waals surface area contributed by atoms with Crippen molar-refractivity contribution in [3.05, 3.63) is 0 Å². The number of rotatable bonds is 5. The lowest BCUT2D eigenvalue weighted by Gasteiger charge is -2.13. The van der Waals surface area contributed by atoms with Gasteiger partial charge in [0, 0.05) is 39.4 Å². The molecular weight excluding hydrogens is 192 g/mol. The minimum absolute atomic E-state index is 0.409. The maximum atomic E-state index is 5.34. The summed E-state index contributed by atoms with van der Waals surface area (Å²) in [4.78, 5) is 0. The zero-order chi connectivity index (χ0) is 10.5. The molecule has 4 nitrogen and oxygen atoms in total. The first-order valence-electron chi connectivity index (χ1n) is 5.93. The Morgan fingerprint density at radius 2 is 2.40 bits per heavy atom. The minimum atomic E-state index is 0.409. The van der Waals surface area contributed by atoms with Gasteiger partial charge in [0.05, 0.1) is 12.7 Å². The topological polar surface area (TPSA) is 42.5 Å². The Morgan fingerprint density at radius 3 is 3.07 bits per heavy atom. The van der Waals surface area contributed by atoms with Crippen molar-refractivity contribution >= 4 is 0 Å². The Kier molecular flexibility index (Phi) is 4.38. The molecule has 2 N–H and O–H groups in total. The zero-order valence-electron chi connectivity index (χ0n) is 9.50. The van der Waals surface area contributed by atoms with Gasteiger partial charge in [0.15, 0.2) is 0 Å². The van der Waals surface area contributed by atoms with Gasteiger partial charge in [-0.25, -0.2) is 0 Å². The van der Waals surface area contributed by atoms with Gasteiger partial charge in [-0.2, -0.15) is 0 Å². The van der Waals surface area contributed by atoms with E-state index in [2.05, 4.69) is 10.6 Å². The molecule has 2 saturated heterocycles. The van der Waals surface area contributed by atoms with Crippen LogP contribution in [0.3, 0.4) is 0 Å². The van der Waals surface area contributed by atoms with Crippen LogP contribution >= 0.6 is 0 Å². The molecule has 0 aromatic carbocycles. The predicted molar refractivity (Wildman–Crippen MR) is 59.0 cm³/mol. The van der Waals surface area contributed by atoms with E-state index in [4.69, 9.17) is 9.47 Å². The molecule has 0 bridgehead atoms. The number of hydrogen-bond donors (Lipinski definition) is 2. The molecule has 2 fully saturated rings. The molecule has 3 atom stereocenters. The lowest BCUT2D eigenvalue weighted by atomic mass is 10.1. The average molecular weight is 214 g/mol. The molecule has 88 valence electrons. The maximum Gasteiger partial charge on any atom is 0.0711 e. The second kappa shape index (κ2) is 5.80. The predicted octanol–water partition coefficient (Wildman–Crippen LogP) is -0.0106. The fourth-order valence-electron chi connectivity index (χ4n) is 2.32. The quantitative estimate of drug-likeness (QED) is 0.675. The fraction of sp³-hybridized carbons (Fsp3) is 1.00. The average Bonchev–Trinajstić information content (AvgIpc) is 2.88. The van der Waals surface area contributed by atoms with Gasteiger partial charge in [0.1, 0.15) is 0 Å². The van der Waals surface area contributed by atoms with Gasteiger partial charge in [-0.05, 0) is 18.8 Å². The Labute approximate surface area is 91.7 Å². The minimum Gasteiger partial charge on any atom is -0.381 e. The van der Waals surface area contributed by atoms with Crippen LogP contribution < -0.4 is 10.6 Å². The third-order valence-electron chi connectivity index (χ3n) is 3.36. The lowest BCUT2D eigenvalue weighted by Crippen LogP contribution is -2.36. The first-order chi connectivity index (χ1) is 7.38. The number of nitrogens with one attached hydrogen (secondary N) is 2. The molecule has 3 unspecified atom stereocenters. The molecule has 2 aliphatic rings. The third kappa shape index (κ3) is 3.41. The second-order valence-corrected chi connectivity index (χ2v) is 4.59. The summed E-state index contributed by atoms with van der Waals surface area (Å²) in [6.45, 7) is 5.02. The highest BCUT2D eigenvalue weighted by Gasteiger charge is 2.23. The summed E-state index contributed by atoms with van der Waals surface area (Å²) in [5, 5.41) is 6.98. The monoisotopic (exact) mass is 214 g/mol. The first kappa shape index (κ1) is 11.3. The van der Waals surface area contributed by atoms with Gasteiger partial charge in [0.2, 0.25) is 0 Å². The van der Waals surface area contributed by atoms with E-state index < -0.39 is 0 Å². The number of methoxy groups -OCH3 is 1. The molecule has 0 radical (unpaired) electrons. The van der Waals surface area contributed by atoms with Crippen molar-refractivity contribution < 1.29 is 9.47 Å². The van der Waals surface area contributed by atoms with Crippen molar-refractivity contribution in [1.29, 1.82) is 0 Å². The summed E-state index contributed by atoms with van der Waals surface area (Å²) in [7, 11) is 1.79. The van der Waals surface area contributed by atoms with E-state index in [1.54, 1.807) is 7.11 Å². The molecule has 2 heterocycles. The molecular formula is C11H22N2O2. The number of ether oxygens (including phenoxy) is 2. The van der Waals surface area contributed by atoms with E-state index >= 15 is 0 Å². The SMILES string of the molecule is COC1CNC(CNCC2CCOC2)C1. The summed E-state index contributed by atoms with van der Waals surface area (Å²) in [5.41, 5.74) is 0. The zero-order valence-corrected chi connectivity index (χ0v) is 9.50. The molecule has 0 aromatic heterocycles. The molecule has 0 amide bonds. The second-order valence-electron chi connectivity index (χ2n) is 4.59. The standard InChI is InChI=1S/C11H22N2O2/c1-14-11-4-10(13-7-11)6-12-5-9-2-3-15-8-9/h9-13H,2-8H2,1H3. The van der Waals surface area contributed by atoms with Crippen LogP contribution in [0.5, 0.6) is 0 Å². The molecule has 4 heteroatoms. The van der Waals surface area contributed by atoms with Crippen molar-refractivity contribution in [2.75, 3.05) is 40.0 Å². The van der Waals surface area contributed by atoms with Crippen LogP contribution in [0.1, 0.15) is 12.8 Å². The fourth-order valence-corrected chi connectivity index (χ4v) is 2.32. The number of hydrogen-bond acceptors (Lipinski definition) is 4. The Morgan fingerprint density at radius 1 is 1.47 bits per heavy atom. The van der Waals surface area contributed by atoms with Gasteiger partial charge < -0.3 is 20.1 Å². The van der Waals surface area contributed by atoms with E-state index in [0.29, 0.717) is 12.1 Å². The van der Waals surface area contributed by atoms with E-state index in [1.165, 1.54) is 6.42 Å². The Hall–Kier alpha value is -0.160.